The summed E-state index contributed by atoms with van der Waals surface area (Å²) in [6.07, 6.45) is 2.55. The molecule has 1 aromatic carbocycles. The zero-order valence-corrected chi connectivity index (χ0v) is 10.4. The van der Waals surface area contributed by atoms with Crippen molar-refractivity contribution in [3.05, 3.63) is 32.7 Å². The molecule has 0 aromatic heterocycles. The Balaban J connectivity index is 2.25. The molecule has 1 unspecified atom stereocenters. The molecule has 2 rings (SSSR count). The normalized spacial score (nSPS) is 22.2. The highest BCUT2D eigenvalue weighted by molar-refractivity contribution is 9.13. The molecule has 1 aliphatic heterocycles. The van der Waals surface area contributed by atoms with Crippen LogP contribution in [-0.2, 0) is 0 Å². The summed E-state index contributed by atoms with van der Waals surface area (Å²) in [5.74, 6) is 0. The Morgan fingerprint density at radius 2 is 2.08 bits per heavy atom. The Hall–Kier alpha value is 0.140. The fraction of sp³-hybridized carbons (Fsp3) is 0.400. The van der Waals surface area contributed by atoms with Crippen LogP contribution < -0.4 is 5.32 Å². The highest BCUT2D eigenvalue weighted by Crippen LogP contribution is 2.29. The predicted molar refractivity (Wildman–Crippen MR) is 61.8 cm³/mol. The summed E-state index contributed by atoms with van der Waals surface area (Å²) in [5.41, 5.74) is 1.38. The van der Waals surface area contributed by atoms with Gasteiger partial charge in [0.1, 0.15) is 0 Å². The highest BCUT2D eigenvalue weighted by atomic mass is 79.9. The van der Waals surface area contributed by atoms with Gasteiger partial charge in [-0.15, -0.1) is 0 Å². The first-order valence-corrected chi connectivity index (χ1v) is 6.04. The van der Waals surface area contributed by atoms with Gasteiger partial charge in [-0.1, -0.05) is 6.07 Å². The number of hydrogen-bond donors (Lipinski definition) is 1. The van der Waals surface area contributed by atoms with Crippen LogP contribution in [0.15, 0.2) is 27.1 Å². The lowest BCUT2D eigenvalue weighted by Gasteiger charge is -2.11. The molecule has 0 radical (unpaired) electrons. The van der Waals surface area contributed by atoms with Crippen molar-refractivity contribution >= 4 is 31.9 Å². The van der Waals surface area contributed by atoms with E-state index in [0.29, 0.717) is 6.04 Å². The molecule has 1 atom stereocenters. The maximum Gasteiger partial charge on any atom is 0.0321 e. The third-order valence-corrected chi connectivity index (χ3v) is 4.29. The van der Waals surface area contributed by atoms with Crippen LogP contribution in [0.5, 0.6) is 0 Å². The Bertz CT molecular complexity index is 306. The smallest absolute Gasteiger partial charge is 0.0321 e. The van der Waals surface area contributed by atoms with E-state index in [2.05, 4.69) is 55.4 Å². The van der Waals surface area contributed by atoms with Gasteiger partial charge in [-0.2, -0.15) is 0 Å². The third kappa shape index (κ3) is 2.14. The van der Waals surface area contributed by atoms with Gasteiger partial charge in [-0.3, -0.25) is 0 Å². The van der Waals surface area contributed by atoms with Gasteiger partial charge in [0.2, 0.25) is 0 Å². The number of rotatable bonds is 1. The van der Waals surface area contributed by atoms with Crippen molar-refractivity contribution < 1.29 is 0 Å². The highest BCUT2D eigenvalue weighted by Gasteiger charge is 2.16. The van der Waals surface area contributed by atoms with Crippen LogP contribution >= 0.6 is 31.9 Å². The first-order chi connectivity index (χ1) is 6.27. The number of halogens is 2. The van der Waals surface area contributed by atoms with Gasteiger partial charge in [0.15, 0.2) is 0 Å². The molecule has 1 saturated heterocycles. The molecule has 0 spiro atoms. The van der Waals surface area contributed by atoms with E-state index in [4.69, 9.17) is 0 Å². The SMILES string of the molecule is Brc1ccc(C2CCCN2)cc1Br. The quantitative estimate of drug-likeness (QED) is 0.835. The van der Waals surface area contributed by atoms with Crippen LogP contribution in [0.2, 0.25) is 0 Å². The van der Waals surface area contributed by atoms with Gasteiger partial charge >= 0.3 is 0 Å². The molecule has 0 bridgehead atoms. The average Bonchev–Trinajstić information content (AvgIpc) is 2.62. The molecule has 1 fully saturated rings. The van der Waals surface area contributed by atoms with E-state index in [0.717, 1.165) is 15.5 Å². The number of nitrogens with one attached hydrogen (secondary N) is 1. The van der Waals surface area contributed by atoms with Crippen LogP contribution in [0, 0.1) is 0 Å². The van der Waals surface area contributed by atoms with Gasteiger partial charge in [-0.25, -0.2) is 0 Å². The van der Waals surface area contributed by atoms with E-state index < -0.39 is 0 Å². The van der Waals surface area contributed by atoms with Crippen molar-refractivity contribution in [2.45, 2.75) is 18.9 Å². The minimum atomic E-state index is 0.560. The summed E-state index contributed by atoms with van der Waals surface area (Å²) in [6, 6.07) is 7.02. The summed E-state index contributed by atoms with van der Waals surface area (Å²) >= 11 is 6.99. The van der Waals surface area contributed by atoms with Crippen LogP contribution in [0.1, 0.15) is 24.4 Å². The summed E-state index contributed by atoms with van der Waals surface area (Å²) in [5, 5.41) is 3.48. The second kappa shape index (κ2) is 4.11. The van der Waals surface area contributed by atoms with Crippen molar-refractivity contribution in [1.82, 2.24) is 5.32 Å². The van der Waals surface area contributed by atoms with Gasteiger partial charge in [-0.05, 0) is 68.9 Å². The molecule has 0 aliphatic carbocycles. The van der Waals surface area contributed by atoms with Crippen LogP contribution in [-0.4, -0.2) is 6.54 Å². The van der Waals surface area contributed by atoms with Gasteiger partial charge < -0.3 is 5.32 Å². The Morgan fingerprint density at radius 3 is 2.69 bits per heavy atom. The topological polar surface area (TPSA) is 12.0 Å². The summed E-state index contributed by atoms with van der Waals surface area (Å²) < 4.78 is 2.26. The standard InChI is InChI=1S/C10H11Br2N/c11-8-4-3-7(6-9(8)12)10-2-1-5-13-10/h3-4,6,10,13H,1-2,5H2. The van der Waals surface area contributed by atoms with Crippen molar-refractivity contribution in [3.63, 3.8) is 0 Å². The molecule has 1 aromatic rings. The Labute approximate surface area is 95.2 Å². The van der Waals surface area contributed by atoms with Gasteiger partial charge in [0.05, 0.1) is 0 Å². The third-order valence-electron chi connectivity index (χ3n) is 2.41. The molecule has 1 N–H and O–H groups in total. The molecule has 70 valence electrons. The van der Waals surface area contributed by atoms with E-state index in [1.165, 1.54) is 18.4 Å². The fourth-order valence-electron chi connectivity index (χ4n) is 1.70. The maximum atomic E-state index is 3.52. The lowest BCUT2D eigenvalue weighted by atomic mass is 10.1. The van der Waals surface area contributed by atoms with Crippen molar-refractivity contribution in [3.8, 4) is 0 Å². The first kappa shape index (κ1) is 9.69. The summed E-state index contributed by atoms with van der Waals surface area (Å²) in [6.45, 7) is 1.15. The van der Waals surface area contributed by atoms with E-state index in [1.54, 1.807) is 0 Å². The second-order valence-electron chi connectivity index (χ2n) is 3.32. The number of hydrogen-bond acceptors (Lipinski definition) is 1. The van der Waals surface area contributed by atoms with Crippen LogP contribution in [0.25, 0.3) is 0 Å². The maximum absolute atomic E-state index is 3.52. The van der Waals surface area contributed by atoms with Gasteiger partial charge in [0.25, 0.3) is 0 Å². The van der Waals surface area contributed by atoms with E-state index in [9.17, 15) is 0 Å². The summed E-state index contributed by atoms with van der Waals surface area (Å²) in [7, 11) is 0. The Morgan fingerprint density at radius 1 is 1.23 bits per heavy atom. The first-order valence-electron chi connectivity index (χ1n) is 4.46. The lowest BCUT2D eigenvalue weighted by Crippen LogP contribution is -2.12. The summed E-state index contributed by atoms with van der Waals surface area (Å²) in [4.78, 5) is 0. The lowest BCUT2D eigenvalue weighted by molar-refractivity contribution is 0.647. The van der Waals surface area contributed by atoms with E-state index >= 15 is 0 Å². The Kier molecular flexibility index (Phi) is 3.06. The molecule has 1 aliphatic rings. The molecule has 3 heteroatoms. The molecule has 1 heterocycles. The van der Waals surface area contributed by atoms with Crippen molar-refractivity contribution in [2.75, 3.05) is 6.54 Å². The van der Waals surface area contributed by atoms with E-state index in [1.807, 2.05) is 0 Å². The molecule has 0 saturated carbocycles. The fourth-order valence-corrected chi connectivity index (χ4v) is 2.34. The molecule has 1 nitrogen and oxygen atoms in total. The molecular formula is C10H11Br2N. The molecule has 13 heavy (non-hydrogen) atoms. The monoisotopic (exact) mass is 303 g/mol. The molecule has 0 amide bonds. The zero-order chi connectivity index (χ0) is 9.26. The minimum Gasteiger partial charge on any atom is -0.310 e. The predicted octanol–water partition coefficient (Wildman–Crippen LogP) is 3.64. The zero-order valence-electron chi connectivity index (χ0n) is 7.19. The van der Waals surface area contributed by atoms with Crippen molar-refractivity contribution in [1.29, 1.82) is 0 Å². The second-order valence-corrected chi connectivity index (χ2v) is 5.03. The van der Waals surface area contributed by atoms with E-state index in [-0.39, 0.29) is 0 Å². The minimum absolute atomic E-state index is 0.560. The largest absolute Gasteiger partial charge is 0.310 e. The van der Waals surface area contributed by atoms with Crippen LogP contribution in [0.4, 0.5) is 0 Å². The van der Waals surface area contributed by atoms with Gasteiger partial charge in [0, 0.05) is 15.0 Å². The van der Waals surface area contributed by atoms with Crippen LogP contribution in [0.3, 0.4) is 0 Å². The number of benzene rings is 1. The molecular weight excluding hydrogens is 294 g/mol. The van der Waals surface area contributed by atoms with Crippen molar-refractivity contribution in [2.24, 2.45) is 0 Å². The average molecular weight is 305 g/mol.